The minimum Gasteiger partial charge on any atom is -0.394 e. The molecule has 0 aromatic carbocycles. The molecule has 1 saturated heterocycles. The molecule has 1 aliphatic heterocycles. The van der Waals surface area contributed by atoms with Crippen LogP contribution in [0.1, 0.15) is 0 Å². The van der Waals surface area contributed by atoms with E-state index in [0.717, 1.165) is 0 Å². The maximum atomic E-state index is 9.42. The SMILES string of the molecule is OCCOC1OC(CO)[C@H](O)C(O)C1O. The normalized spacial score (nSPS) is 41.8. The van der Waals surface area contributed by atoms with Crippen LogP contribution in [0, 0.1) is 0 Å². The summed E-state index contributed by atoms with van der Waals surface area (Å²) < 4.78 is 9.88. The second-order valence-corrected chi connectivity index (χ2v) is 3.29. The van der Waals surface area contributed by atoms with Crippen LogP contribution in [0.5, 0.6) is 0 Å². The van der Waals surface area contributed by atoms with Gasteiger partial charge < -0.3 is 35.0 Å². The second kappa shape index (κ2) is 5.71. The van der Waals surface area contributed by atoms with Crippen molar-refractivity contribution >= 4 is 0 Å². The fourth-order valence-electron chi connectivity index (χ4n) is 1.37. The highest BCUT2D eigenvalue weighted by Gasteiger charge is 2.43. The Labute approximate surface area is 86.5 Å². The molecule has 5 N–H and O–H groups in total. The van der Waals surface area contributed by atoms with Crippen molar-refractivity contribution in [1.82, 2.24) is 0 Å². The molecule has 0 aliphatic carbocycles. The molecule has 90 valence electrons. The van der Waals surface area contributed by atoms with Crippen molar-refractivity contribution in [3.05, 3.63) is 0 Å². The van der Waals surface area contributed by atoms with Gasteiger partial charge in [-0.05, 0) is 0 Å². The van der Waals surface area contributed by atoms with Crippen LogP contribution in [0.25, 0.3) is 0 Å². The quantitative estimate of drug-likeness (QED) is 0.341. The summed E-state index contributed by atoms with van der Waals surface area (Å²) >= 11 is 0. The Balaban J connectivity index is 2.57. The predicted octanol–water partition coefficient (Wildman–Crippen LogP) is -3.20. The molecule has 1 fully saturated rings. The summed E-state index contributed by atoms with van der Waals surface area (Å²) in [4.78, 5) is 0. The van der Waals surface area contributed by atoms with Gasteiger partial charge in [0.05, 0.1) is 19.8 Å². The standard InChI is InChI=1S/C8H16O7/c9-1-2-14-8-7(13)6(12)5(11)4(3-10)15-8/h4-13H,1-3H2/t4?,5-,6?,7?,8?/m0/s1. The van der Waals surface area contributed by atoms with Gasteiger partial charge in [-0.2, -0.15) is 0 Å². The van der Waals surface area contributed by atoms with Crippen LogP contribution in [-0.2, 0) is 9.47 Å². The van der Waals surface area contributed by atoms with Gasteiger partial charge in [0.1, 0.15) is 24.4 Å². The van der Waals surface area contributed by atoms with Crippen molar-refractivity contribution in [2.45, 2.75) is 30.7 Å². The first kappa shape index (κ1) is 12.8. The fraction of sp³-hybridized carbons (Fsp3) is 1.00. The van der Waals surface area contributed by atoms with E-state index in [4.69, 9.17) is 19.7 Å². The highest BCUT2D eigenvalue weighted by Crippen LogP contribution is 2.21. The van der Waals surface area contributed by atoms with Crippen LogP contribution in [0.4, 0.5) is 0 Å². The van der Waals surface area contributed by atoms with E-state index in [1.165, 1.54) is 0 Å². The first-order valence-corrected chi connectivity index (χ1v) is 4.64. The lowest BCUT2D eigenvalue weighted by Crippen LogP contribution is -2.59. The first-order chi connectivity index (χ1) is 7.11. The molecule has 7 heteroatoms. The summed E-state index contributed by atoms with van der Waals surface area (Å²) in [5, 5.41) is 45.5. The Morgan fingerprint density at radius 2 is 1.67 bits per heavy atom. The van der Waals surface area contributed by atoms with Gasteiger partial charge in [-0.25, -0.2) is 0 Å². The van der Waals surface area contributed by atoms with E-state index in [-0.39, 0.29) is 13.2 Å². The average Bonchev–Trinajstić information content (AvgIpc) is 2.25. The van der Waals surface area contributed by atoms with E-state index in [1.54, 1.807) is 0 Å². The number of rotatable bonds is 4. The van der Waals surface area contributed by atoms with Crippen LogP contribution < -0.4 is 0 Å². The van der Waals surface area contributed by atoms with E-state index in [2.05, 4.69) is 0 Å². The predicted molar refractivity (Wildman–Crippen MR) is 46.8 cm³/mol. The summed E-state index contributed by atoms with van der Waals surface area (Å²) in [5.41, 5.74) is 0. The van der Waals surface area contributed by atoms with Crippen molar-refractivity contribution in [3.8, 4) is 0 Å². The van der Waals surface area contributed by atoms with Crippen LogP contribution in [0.2, 0.25) is 0 Å². The third-order valence-corrected chi connectivity index (χ3v) is 2.22. The number of aliphatic hydroxyl groups is 5. The molecular weight excluding hydrogens is 208 g/mol. The minimum atomic E-state index is -1.44. The summed E-state index contributed by atoms with van der Waals surface area (Å²) in [5.74, 6) is 0. The average molecular weight is 224 g/mol. The van der Waals surface area contributed by atoms with Gasteiger partial charge in [0, 0.05) is 0 Å². The van der Waals surface area contributed by atoms with Crippen molar-refractivity contribution in [2.75, 3.05) is 19.8 Å². The monoisotopic (exact) mass is 224 g/mol. The van der Waals surface area contributed by atoms with Crippen molar-refractivity contribution in [2.24, 2.45) is 0 Å². The summed E-state index contributed by atoms with van der Waals surface area (Å²) in [7, 11) is 0. The zero-order valence-electron chi connectivity index (χ0n) is 8.06. The van der Waals surface area contributed by atoms with E-state index < -0.39 is 37.3 Å². The minimum absolute atomic E-state index is 0.0668. The molecule has 1 heterocycles. The number of hydrogen-bond acceptors (Lipinski definition) is 7. The van der Waals surface area contributed by atoms with E-state index in [9.17, 15) is 15.3 Å². The molecule has 15 heavy (non-hydrogen) atoms. The van der Waals surface area contributed by atoms with Crippen LogP contribution in [-0.4, -0.2) is 76.1 Å². The Morgan fingerprint density at radius 1 is 1.00 bits per heavy atom. The molecule has 4 unspecified atom stereocenters. The largest absolute Gasteiger partial charge is 0.394 e. The molecule has 0 saturated carbocycles. The second-order valence-electron chi connectivity index (χ2n) is 3.29. The summed E-state index contributed by atoms with van der Waals surface area (Å²) in [6, 6.07) is 0. The first-order valence-electron chi connectivity index (χ1n) is 4.64. The fourth-order valence-corrected chi connectivity index (χ4v) is 1.37. The topological polar surface area (TPSA) is 120 Å². The molecule has 0 amide bonds. The van der Waals surface area contributed by atoms with Gasteiger partial charge in [-0.15, -0.1) is 0 Å². The Morgan fingerprint density at radius 3 is 2.20 bits per heavy atom. The van der Waals surface area contributed by atoms with Crippen molar-refractivity contribution in [3.63, 3.8) is 0 Å². The lowest BCUT2D eigenvalue weighted by atomic mass is 9.99. The number of ether oxygens (including phenoxy) is 2. The van der Waals surface area contributed by atoms with E-state index in [1.807, 2.05) is 0 Å². The van der Waals surface area contributed by atoms with Gasteiger partial charge >= 0.3 is 0 Å². The number of hydrogen-bond donors (Lipinski definition) is 5. The smallest absolute Gasteiger partial charge is 0.186 e. The van der Waals surface area contributed by atoms with Crippen molar-refractivity contribution in [1.29, 1.82) is 0 Å². The van der Waals surface area contributed by atoms with E-state index in [0.29, 0.717) is 0 Å². The number of aliphatic hydroxyl groups excluding tert-OH is 5. The zero-order chi connectivity index (χ0) is 11.4. The molecule has 5 atom stereocenters. The van der Waals surface area contributed by atoms with Crippen LogP contribution >= 0.6 is 0 Å². The molecule has 0 aromatic heterocycles. The molecule has 0 aromatic rings. The van der Waals surface area contributed by atoms with Crippen molar-refractivity contribution < 1.29 is 35.0 Å². The molecule has 7 nitrogen and oxygen atoms in total. The Bertz CT molecular complexity index is 186. The molecule has 1 rings (SSSR count). The maximum absolute atomic E-state index is 9.42. The van der Waals surface area contributed by atoms with Gasteiger partial charge in [0.25, 0.3) is 0 Å². The van der Waals surface area contributed by atoms with E-state index >= 15 is 0 Å². The van der Waals surface area contributed by atoms with Gasteiger partial charge in [-0.1, -0.05) is 0 Å². The zero-order valence-corrected chi connectivity index (χ0v) is 8.06. The lowest BCUT2D eigenvalue weighted by molar-refractivity contribution is -0.302. The molecular formula is C8H16O7. The third kappa shape index (κ3) is 2.85. The Hall–Kier alpha value is -0.280. The van der Waals surface area contributed by atoms with Gasteiger partial charge in [-0.3, -0.25) is 0 Å². The maximum Gasteiger partial charge on any atom is 0.186 e. The van der Waals surface area contributed by atoms with Crippen LogP contribution in [0.3, 0.4) is 0 Å². The molecule has 1 aliphatic rings. The highest BCUT2D eigenvalue weighted by atomic mass is 16.7. The van der Waals surface area contributed by atoms with Crippen LogP contribution in [0.15, 0.2) is 0 Å². The third-order valence-electron chi connectivity index (χ3n) is 2.22. The summed E-state index contributed by atoms with van der Waals surface area (Å²) in [6.45, 7) is -0.818. The molecule has 0 bridgehead atoms. The molecule has 0 spiro atoms. The Kier molecular flexibility index (Phi) is 4.87. The summed E-state index contributed by atoms with van der Waals surface area (Å²) in [6.07, 6.45) is -6.38. The van der Waals surface area contributed by atoms with Gasteiger partial charge in [0.15, 0.2) is 6.29 Å². The highest BCUT2D eigenvalue weighted by molar-refractivity contribution is 4.88. The van der Waals surface area contributed by atoms with Gasteiger partial charge in [0.2, 0.25) is 0 Å². The lowest BCUT2D eigenvalue weighted by Gasteiger charge is -2.39. The molecule has 0 radical (unpaired) electrons.